The summed E-state index contributed by atoms with van der Waals surface area (Å²) in [7, 11) is 5.74. The number of aryl methyl sites for hydroxylation is 1. The van der Waals surface area contributed by atoms with Gasteiger partial charge in [-0.05, 0) is 51.6 Å². The van der Waals surface area contributed by atoms with Crippen molar-refractivity contribution in [2.75, 3.05) is 27.7 Å². The highest BCUT2D eigenvalue weighted by Gasteiger charge is 2.33. The Balaban J connectivity index is 1.66. The molecule has 1 saturated heterocycles. The average molecular weight is 408 g/mol. The van der Waals surface area contributed by atoms with Crippen LogP contribution in [0.2, 0.25) is 0 Å². The molecule has 1 atom stereocenters. The molecule has 0 aliphatic carbocycles. The van der Waals surface area contributed by atoms with Gasteiger partial charge in [-0.1, -0.05) is 12.1 Å². The van der Waals surface area contributed by atoms with Crippen molar-refractivity contribution in [3.05, 3.63) is 59.0 Å². The van der Waals surface area contributed by atoms with E-state index in [9.17, 15) is 4.79 Å². The van der Waals surface area contributed by atoms with Crippen molar-refractivity contribution in [1.82, 2.24) is 24.4 Å². The number of ether oxygens (including phenoxy) is 1. The van der Waals surface area contributed by atoms with E-state index >= 15 is 0 Å². The Morgan fingerprint density at radius 1 is 1.27 bits per heavy atom. The van der Waals surface area contributed by atoms with Crippen molar-refractivity contribution >= 4 is 11.6 Å². The Hall–Kier alpha value is -2.93. The minimum atomic E-state index is 0.00972. The van der Waals surface area contributed by atoms with Crippen LogP contribution >= 0.6 is 0 Å². The van der Waals surface area contributed by atoms with Crippen molar-refractivity contribution in [2.24, 2.45) is 0 Å². The lowest BCUT2D eigenvalue weighted by Gasteiger charge is -2.28. The third-order valence-corrected chi connectivity index (χ3v) is 5.61. The number of carbonyl (C=O) groups excluding carboxylic acids is 1. The number of rotatable bonds is 6. The molecule has 158 valence electrons. The molecule has 1 aliphatic heterocycles. The van der Waals surface area contributed by atoms with Crippen molar-refractivity contribution < 1.29 is 9.53 Å². The topological polar surface area (TPSA) is 63.0 Å². The molecule has 1 aliphatic rings. The standard InChI is InChI=1S/C23H29N5O2/c1-16-12-21-24-14-18(15-26(2)3)23(28(21)25-16)20-6-5-11-27(20)22(29)13-17-7-9-19(30-4)10-8-17/h7-10,12,14,20H,5-6,11,13,15H2,1-4H3/t20-/m0/s1. The Labute approximate surface area is 177 Å². The highest BCUT2D eigenvalue weighted by Crippen LogP contribution is 2.35. The van der Waals surface area contributed by atoms with Crippen LogP contribution in [0.5, 0.6) is 5.75 Å². The second-order valence-electron chi connectivity index (χ2n) is 8.23. The van der Waals surface area contributed by atoms with Crippen LogP contribution in [0.4, 0.5) is 0 Å². The Morgan fingerprint density at radius 3 is 2.73 bits per heavy atom. The molecular weight excluding hydrogens is 378 g/mol. The largest absolute Gasteiger partial charge is 0.497 e. The lowest BCUT2D eigenvalue weighted by Crippen LogP contribution is -2.33. The molecule has 4 rings (SSSR count). The van der Waals surface area contributed by atoms with Crippen molar-refractivity contribution in [3.8, 4) is 5.75 Å². The molecule has 3 heterocycles. The van der Waals surface area contributed by atoms with Gasteiger partial charge in [0.1, 0.15) is 5.75 Å². The second-order valence-corrected chi connectivity index (χ2v) is 8.23. The van der Waals surface area contributed by atoms with E-state index in [2.05, 4.69) is 9.88 Å². The third kappa shape index (κ3) is 4.03. The lowest BCUT2D eigenvalue weighted by molar-refractivity contribution is -0.131. The molecule has 0 saturated carbocycles. The van der Waals surface area contributed by atoms with Crippen molar-refractivity contribution in [1.29, 1.82) is 0 Å². The number of amides is 1. The summed E-state index contributed by atoms with van der Waals surface area (Å²) in [5, 5.41) is 4.71. The maximum absolute atomic E-state index is 13.3. The van der Waals surface area contributed by atoms with Gasteiger partial charge in [-0.25, -0.2) is 9.50 Å². The first-order valence-corrected chi connectivity index (χ1v) is 10.4. The number of fused-ring (bicyclic) bond motifs is 1. The lowest BCUT2D eigenvalue weighted by atomic mass is 10.0. The zero-order valence-electron chi connectivity index (χ0n) is 18.1. The van der Waals surface area contributed by atoms with E-state index in [0.717, 1.165) is 59.8 Å². The van der Waals surface area contributed by atoms with E-state index in [1.807, 2.05) is 67.0 Å². The molecule has 0 N–H and O–H groups in total. The van der Waals surface area contributed by atoms with E-state index in [-0.39, 0.29) is 11.9 Å². The molecule has 30 heavy (non-hydrogen) atoms. The van der Waals surface area contributed by atoms with E-state index in [1.54, 1.807) is 7.11 Å². The minimum Gasteiger partial charge on any atom is -0.497 e. The third-order valence-electron chi connectivity index (χ3n) is 5.61. The summed E-state index contributed by atoms with van der Waals surface area (Å²) in [5.41, 5.74) is 4.96. The van der Waals surface area contributed by atoms with Crippen molar-refractivity contribution in [3.63, 3.8) is 0 Å². The highest BCUT2D eigenvalue weighted by atomic mass is 16.5. The first-order valence-electron chi connectivity index (χ1n) is 10.4. The predicted molar refractivity (Wildman–Crippen MR) is 116 cm³/mol. The molecule has 7 nitrogen and oxygen atoms in total. The van der Waals surface area contributed by atoms with Crippen LogP contribution in [0, 0.1) is 6.92 Å². The molecule has 7 heteroatoms. The molecule has 0 bridgehead atoms. The zero-order chi connectivity index (χ0) is 21.3. The molecule has 2 aromatic heterocycles. The minimum absolute atomic E-state index is 0.00972. The highest BCUT2D eigenvalue weighted by molar-refractivity contribution is 5.79. The van der Waals surface area contributed by atoms with Crippen LogP contribution in [0.1, 0.15) is 41.4 Å². The fourth-order valence-electron chi connectivity index (χ4n) is 4.29. The van der Waals surface area contributed by atoms with Gasteiger partial charge in [0.2, 0.25) is 5.91 Å². The second kappa shape index (κ2) is 8.44. The summed E-state index contributed by atoms with van der Waals surface area (Å²) in [6.07, 6.45) is 4.25. The predicted octanol–water partition coefficient (Wildman–Crippen LogP) is 3.01. The van der Waals surface area contributed by atoms with E-state index < -0.39 is 0 Å². The fourth-order valence-corrected chi connectivity index (χ4v) is 4.29. The van der Waals surface area contributed by atoms with Gasteiger partial charge in [0.15, 0.2) is 5.65 Å². The SMILES string of the molecule is COc1ccc(CC(=O)N2CCC[C@H]2c2c(CN(C)C)cnc3cc(C)nn23)cc1. The Bertz CT molecular complexity index is 1040. The van der Waals surface area contributed by atoms with Gasteiger partial charge in [-0.15, -0.1) is 0 Å². The van der Waals surface area contributed by atoms with Crippen LogP contribution in [-0.4, -0.2) is 58.1 Å². The van der Waals surface area contributed by atoms with Crippen LogP contribution in [0.3, 0.4) is 0 Å². The number of nitrogens with zero attached hydrogens (tertiary/aromatic N) is 5. The van der Waals surface area contributed by atoms with Crippen molar-refractivity contribution in [2.45, 2.75) is 38.8 Å². The number of carbonyl (C=O) groups is 1. The van der Waals surface area contributed by atoms with Gasteiger partial charge < -0.3 is 14.5 Å². The molecular formula is C23H29N5O2. The number of benzene rings is 1. The summed E-state index contributed by atoms with van der Waals surface area (Å²) < 4.78 is 7.16. The number of hydrogen-bond donors (Lipinski definition) is 0. The van der Waals surface area contributed by atoms with Gasteiger partial charge in [-0.3, -0.25) is 4.79 Å². The van der Waals surface area contributed by atoms with E-state index in [1.165, 1.54) is 0 Å². The number of aromatic nitrogens is 3. The Morgan fingerprint density at radius 2 is 2.03 bits per heavy atom. The molecule has 0 spiro atoms. The summed E-state index contributed by atoms with van der Waals surface area (Å²) in [6.45, 7) is 3.50. The Kier molecular flexibility index (Phi) is 5.72. The molecule has 1 aromatic carbocycles. The van der Waals surface area contributed by atoms with Gasteiger partial charge in [0.25, 0.3) is 0 Å². The maximum Gasteiger partial charge on any atom is 0.227 e. The molecule has 1 fully saturated rings. The molecule has 1 amide bonds. The summed E-state index contributed by atoms with van der Waals surface area (Å²) in [4.78, 5) is 22.0. The average Bonchev–Trinajstić information content (AvgIpc) is 3.34. The molecule has 0 unspecified atom stereocenters. The zero-order valence-corrected chi connectivity index (χ0v) is 18.1. The summed E-state index contributed by atoms with van der Waals surface area (Å²) in [6, 6.07) is 9.72. The monoisotopic (exact) mass is 407 g/mol. The summed E-state index contributed by atoms with van der Waals surface area (Å²) >= 11 is 0. The quantitative estimate of drug-likeness (QED) is 0.629. The van der Waals surface area contributed by atoms with E-state index in [0.29, 0.717) is 6.42 Å². The normalized spacial score (nSPS) is 16.6. The maximum atomic E-state index is 13.3. The number of hydrogen-bond acceptors (Lipinski definition) is 5. The molecule has 3 aromatic rings. The first kappa shape index (κ1) is 20.3. The smallest absolute Gasteiger partial charge is 0.227 e. The van der Waals surface area contributed by atoms with Gasteiger partial charge >= 0.3 is 0 Å². The first-order chi connectivity index (χ1) is 14.5. The number of methoxy groups -OCH3 is 1. The number of likely N-dealkylation sites (tertiary alicyclic amines) is 1. The van der Waals surface area contributed by atoms with Crippen LogP contribution in [0.25, 0.3) is 5.65 Å². The van der Waals surface area contributed by atoms with Gasteiger partial charge in [0.05, 0.1) is 31.0 Å². The van der Waals surface area contributed by atoms with Gasteiger partial charge in [-0.2, -0.15) is 5.10 Å². The van der Waals surface area contributed by atoms with Crippen LogP contribution < -0.4 is 4.74 Å². The van der Waals surface area contributed by atoms with Gasteiger partial charge in [0, 0.05) is 30.9 Å². The summed E-state index contributed by atoms with van der Waals surface area (Å²) in [5.74, 6) is 0.944. The van der Waals surface area contributed by atoms with Crippen LogP contribution in [-0.2, 0) is 17.8 Å². The molecule has 0 radical (unpaired) electrons. The van der Waals surface area contributed by atoms with E-state index in [4.69, 9.17) is 9.84 Å². The van der Waals surface area contributed by atoms with Crippen LogP contribution in [0.15, 0.2) is 36.5 Å². The fraction of sp³-hybridized carbons (Fsp3) is 0.435.